The number of carboxylic acid groups (broad SMARTS) is 1. The third kappa shape index (κ3) is 9.26. The number of carbonyl (C=O) groups is 2. The van der Waals surface area contributed by atoms with Gasteiger partial charge in [-0.3, -0.25) is 4.79 Å². The molecule has 7 heteroatoms. The summed E-state index contributed by atoms with van der Waals surface area (Å²) in [5.41, 5.74) is 0. The minimum absolute atomic E-state index is 0.0384. The lowest BCUT2D eigenvalue weighted by molar-refractivity contribution is -0.138. The van der Waals surface area contributed by atoms with Crippen molar-refractivity contribution in [2.24, 2.45) is 5.92 Å². The molecule has 0 radical (unpaired) electrons. The monoisotopic (exact) mass is 276 g/mol. The zero-order chi connectivity index (χ0) is 14.7. The fourth-order valence-corrected chi connectivity index (χ4v) is 1.44. The van der Waals surface area contributed by atoms with Gasteiger partial charge in [-0.15, -0.1) is 0 Å². The molecule has 0 aliphatic carbocycles. The van der Waals surface area contributed by atoms with Gasteiger partial charge >= 0.3 is 12.0 Å². The quantitative estimate of drug-likeness (QED) is 0.493. The Balaban J connectivity index is 3.84. The van der Waals surface area contributed by atoms with E-state index in [1.54, 1.807) is 7.05 Å². The van der Waals surface area contributed by atoms with Crippen molar-refractivity contribution in [1.82, 2.24) is 10.2 Å². The maximum atomic E-state index is 11.7. The molecule has 0 aromatic rings. The molecule has 0 heterocycles. The average Bonchev–Trinajstić information content (AvgIpc) is 2.38. The molecule has 1 atom stereocenters. The van der Waals surface area contributed by atoms with Gasteiger partial charge < -0.3 is 25.2 Å². The van der Waals surface area contributed by atoms with Gasteiger partial charge in [0.05, 0.1) is 19.8 Å². The Morgan fingerprint density at radius 3 is 2.58 bits per heavy atom. The van der Waals surface area contributed by atoms with Crippen LogP contribution in [0.25, 0.3) is 0 Å². The smallest absolute Gasteiger partial charge is 0.317 e. The summed E-state index contributed by atoms with van der Waals surface area (Å²) < 4.78 is 5.05. The van der Waals surface area contributed by atoms with E-state index in [1.165, 1.54) is 4.90 Å². The van der Waals surface area contributed by atoms with E-state index < -0.39 is 5.97 Å². The Morgan fingerprint density at radius 1 is 1.37 bits per heavy atom. The first kappa shape index (κ1) is 17.7. The van der Waals surface area contributed by atoms with Crippen LogP contribution < -0.4 is 5.32 Å². The van der Waals surface area contributed by atoms with Crippen molar-refractivity contribution in [2.75, 3.05) is 40.0 Å². The van der Waals surface area contributed by atoms with Crippen molar-refractivity contribution in [1.29, 1.82) is 0 Å². The number of aliphatic carboxylic acids is 1. The van der Waals surface area contributed by atoms with E-state index in [2.05, 4.69) is 5.32 Å². The molecule has 2 amide bonds. The Kier molecular flexibility index (Phi) is 9.82. The van der Waals surface area contributed by atoms with E-state index in [1.807, 2.05) is 6.92 Å². The fourth-order valence-electron chi connectivity index (χ4n) is 1.44. The number of amides is 2. The number of aliphatic hydroxyl groups excluding tert-OH is 1. The molecule has 0 aromatic carbocycles. The highest BCUT2D eigenvalue weighted by Crippen LogP contribution is 2.06. The van der Waals surface area contributed by atoms with Crippen molar-refractivity contribution in [3.63, 3.8) is 0 Å². The van der Waals surface area contributed by atoms with Crippen LogP contribution in [0.1, 0.15) is 19.8 Å². The maximum absolute atomic E-state index is 11.7. The highest BCUT2D eigenvalue weighted by atomic mass is 16.5. The number of rotatable bonds is 10. The van der Waals surface area contributed by atoms with Gasteiger partial charge in [0, 0.05) is 26.6 Å². The van der Waals surface area contributed by atoms with Gasteiger partial charge in [0.15, 0.2) is 0 Å². The van der Waals surface area contributed by atoms with Gasteiger partial charge in [-0.05, 0) is 5.92 Å². The zero-order valence-electron chi connectivity index (χ0n) is 11.6. The van der Waals surface area contributed by atoms with Gasteiger partial charge in [0.1, 0.15) is 0 Å². The predicted molar refractivity (Wildman–Crippen MR) is 70.0 cm³/mol. The standard InChI is InChI=1S/C12H24N2O5/c1-3-10(8-11(16)17)9-13-12(18)14(2)4-6-19-7-5-15/h10,15H,3-9H2,1-2H3,(H,13,18)(H,16,17). The Bertz CT molecular complexity index is 273. The van der Waals surface area contributed by atoms with Crippen LogP contribution in [0.5, 0.6) is 0 Å². The molecule has 1 unspecified atom stereocenters. The van der Waals surface area contributed by atoms with Crippen LogP contribution in [0, 0.1) is 5.92 Å². The van der Waals surface area contributed by atoms with Crippen molar-refractivity contribution >= 4 is 12.0 Å². The Hall–Kier alpha value is -1.34. The van der Waals surface area contributed by atoms with E-state index in [0.29, 0.717) is 26.1 Å². The first-order valence-corrected chi connectivity index (χ1v) is 6.40. The van der Waals surface area contributed by atoms with Gasteiger partial charge in [-0.2, -0.15) is 0 Å². The van der Waals surface area contributed by atoms with E-state index in [-0.39, 0.29) is 31.6 Å². The Labute approximate surface area is 113 Å². The molecule has 0 rings (SSSR count). The second-order valence-electron chi connectivity index (χ2n) is 4.32. The maximum Gasteiger partial charge on any atom is 0.317 e. The van der Waals surface area contributed by atoms with Gasteiger partial charge in [0.2, 0.25) is 0 Å². The number of carbonyl (C=O) groups excluding carboxylic acids is 1. The number of ether oxygens (including phenoxy) is 1. The second kappa shape index (κ2) is 10.6. The van der Waals surface area contributed by atoms with Gasteiger partial charge in [-0.25, -0.2) is 4.79 Å². The summed E-state index contributed by atoms with van der Waals surface area (Å²) in [5.74, 6) is -0.910. The number of carboxylic acids is 1. The topological polar surface area (TPSA) is 99.1 Å². The molecule has 7 nitrogen and oxygen atoms in total. The van der Waals surface area contributed by atoms with Crippen LogP contribution in [0.3, 0.4) is 0 Å². The average molecular weight is 276 g/mol. The number of nitrogens with zero attached hydrogens (tertiary/aromatic N) is 1. The molecule has 0 bridgehead atoms. The first-order chi connectivity index (χ1) is 9.01. The highest BCUT2D eigenvalue weighted by molar-refractivity contribution is 5.74. The number of urea groups is 1. The largest absolute Gasteiger partial charge is 0.481 e. The van der Waals surface area contributed by atoms with Crippen LogP contribution in [0.2, 0.25) is 0 Å². The number of hydrogen-bond acceptors (Lipinski definition) is 4. The van der Waals surface area contributed by atoms with Gasteiger partial charge in [0.25, 0.3) is 0 Å². The summed E-state index contributed by atoms with van der Waals surface area (Å²) in [6.45, 7) is 3.24. The zero-order valence-corrected chi connectivity index (χ0v) is 11.6. The summed E-state index contributed by atoms with van der Waals surface area (Å²) >= 11 is 0. The molecule has 0 aliphatic heterocycles. The van der Waals surface area contributed by atoms with Crippen LogP contribution >= 0.6 is 0 Å². The molecule has 0 aliphatic rings. The first-order valence-electron chi connectivity index (χ1n) is 6.40. The van der Waals surface area contributed by atoms with E-state index in [4.69, 9.17) is 14.9 Å². The van der Waals surface area contributed by atoms with Crippen LogP contribution in [0.4, 0.5) is 4.79 Å². The number of hydrogen-bond donors (Lipinski definition) is 3. The third-order valence-electron chi connectivity index (χ3n) is 2.74. The minimum Gasteiger partial charge on any atom is -0.481 e. The SMILES string of the molecule is CCC(CNC(=O)N(C)CCOCCO)CC(=O)O. The summed E-state index contributed by atoms with van der Waals surface area (Å²) in [6.07, 6.45) is 0.760. The van der Waals surface area contributed by atoms with Crippen molar-refractivity contribution in [2.45, 2.75) is 19.8 Å². The fraction of sp³-hybridized carbons (Fsp3) is 0.833. The molecule has 19 heavy (non-hydrogen) atoms. The van der Waals surface area contributed by atoms with Gasteiger partial charge in [-0.1, -0.05) is 13.3 Å². The Morgan fingerprint density at radius 2 is 2.05 bits per heavy atom. The van der Waals surface area contributed by atoms with E-state index >= 15 is 0 Å². The highest BCUT2D eigenvalue weighted by Gasteiger charge is 2.14. The summed E-state index contributed by atoms with van der Waals surface area (Å²) in [6, 6.07) is -0.253. The minimum atomic E-state index is -0.855. The number of nitrogens with one attached hydrogen (secondary N) is 1. The number of aliphatic hydroxyl groups is 1. The van der Waals surface area contributed by atoms with Crippen LogP contribution in [0.15, 0.2) is 0 Å². The summed E-state index contributed by atoms with van der Waals surface area (Å²) in [5, 5.41) is 19.9. The van der Waals surface area contributed by atoms with E-state index in [9.17, 15) is 9.59 Å². The predicted octanol–water partition coefficient (Wildman–Crippen LogP) is 0.138. The van der Waals surface area contributed by atoms with Crippen molar-refractivity contribution in [3.8, 4) is 0 Å². The molecule has 0 fully saturated rings. The van der Waals surface area contributed by atoms with Crippen molar-refractivity contribution in [3.05, 3.63) is 0 Å². The second-order valence-corrected chi connectivity index (χ2v) is 4.32. The summed E-state index contributed by atoms with van der Waals surface area (Å²) in [4.78, 5) is 23.7. The molecule has 0 saturated carbocycles. The van der Waals surface area contributed by atoms with Crippen LogP contribution in [-0.4, -0.2) is 67.1 Å². The third-order valence-corrected chi connectivity index (χ3v) is 2.74. The van der Waals surface area contributed by atoms with E-state index in [0.717, 1.165) is 0 Å². The number of likely N-dealkylation sites (N-methyl/N-ethyl adjacent to an activating group) is 1. The molecular weight excluding hydrogens is 252 g/mol. The normalized spacial score (nSPS) is 11.9. The lowest BCUT2D eigenvalue weighted by Crippen LogP contribution is -2.41. The summed E-state index contributed by atoms with van der Waals surface area (Å²) in [7, 11) is 1.63. The lowest BCUT2D eigenvalue weighted by Gasteiger charge is -2.20. The lowest BCUT2D eigenvalue weighted by atomic mass is 10.0. The molecule has 112 valence electrons. The van der Waals surface area contributed by atoms with Crippen LogP contribution in [-0.2, 0) is 9.53 Å². The molecule has 0 aromatic heterocycles. The molecule has 3 N–H and O–H groups in total. The molecular formula is C12H24N2O5. The van der Waals surface area contributed by atoms with Crippen molar-refractivity contribution < 1.29 is 24.5 Å². The molecule has 0 spiro atoms. The molecule has 0 saturated heterocycles.